The normalized spacial score (nSPS) is 10.7. The number of hydrogen-bond acceptors (Lipinski definition) is 6. The predicted molar refractivity (Wildman–Crippen MR) is 103 cm³/mol. The Kier molecular flexibility index (Phi) is 5.33. The van der Waals surface area contributed by atoms with E-state index in [2.05, 4.69) is 20.0 Å². The Bertz CT molecular complexity index is 1170. The minimum atomic E-state index is -3.86. The van der Waals surface area contributed by atoms with Crippen molar-refractivity contribution in [3.63, 3.8) is 0 Å². The van der Waals surface area contributed by atoms with E-state index < -0.39 is 15.9 Å². The van der Waals surface area contributed by atoms with Gasteiger partial charge in [0.2, 0.25) is 5.95 Å². The van der Waals surface area contributed by atoms with Crippen molar-refractivity contribution >= 4 is 27.6 Å². The molecule has 0 radical (unpaired) electrons. The molecule has 1 amide bonds. The number of carbonyl (C=O) groups excluding carboxylic acids is 1. The Morgan fingerprint density at radius 1 is 1.11 bits per heavy atom. The first kappa shape index (κ1) is 19.0. The molecule has 0 aliphatic rings. The van der Waals surface area contributed by atoms with Gasteiger partial charge in [-0.25, -0.2) is 23.1 Å². The van der Waals surface area contributed by atoms with Gasteiger partial charge in [-0.1, -0.05) is 6.07 Å². The second kappa shape index (κ2) is 7.85. The monoisotopic (exact) mass is 393 g/mol. The number of benzene rings is 2. The molecular formula is C19H15N5O3S. The highest BCUT2D eigenvalue weighted by Gasteiger charge is 2.16. The van der Waals surface area contributed by atoms with Crippen LogP contribution >= 0.6 is 0 Å². The van der Waals surface area contributed by atoms with Crippen molar-refractivity contribution in [3.05, 3.63) is 77.6 Å². The molecule has 0 atom stereocenters. The van der Waals surface area contributed by atoms with Gasteiger partial charge in [0, 0.05) is 23.1 Å². The third kappa shape index (κ3) is 4.49. The minimum Gasteiger partial charge on any atom is -0.322 e. The molecular weight excluding hydrogens is 378 g/mol. The number of nitrogens with one attached hydrogen (secondary N) is 2. The fourth-order valence-electron chi connectivity index (χ4n) is 2.33. The summed E-state index contributed by atoms with van der Waals surface area (Å²) in [6, 6.07) is 15.6. The van der Waals surface area contributed by atoms with Gasteiger partial charge in [-0.2, -0.15) is 5.26 Å². The van der Waals surface area contributed by atoms with Gasteiger partial charge in [0.15, 0.2) is 0 Å². The van der Waals surface area contributed by atoms with Crippen molar-refractivity contribution in [3.8, 4) is 6.07 Å². The summed E-state index contributed by atoms with van der Waals surface area (Å²) in [6.07, 6.45) is 1.46. The SMILES string of the molecule is Cc1ccnc(NS(=O)(=O)c2ccc(NC(=O)c3cccc(C#N)c3)cc2)n1. The molecule has 8 nitrogen and oxygen atoms in total. The largest absolute Gasteiger partial charge is 0.322 e. The Morgan fingerprint density at radius 2 is 1.86 bits per heavy atom. The quantitative estimate of drug-likeness (QED) is 0.687. The third-order valence-corrected chi connectivity index (χ3v) is 5.04. The summed E-state index contributed by atoms with van der Waals surface area (Å²) in [4.78, 5) is 20.2. The molecule has 1 heterocycles. The average molecular weight is 393 g/mol. The second-order valence-electron chi connectivity index (χ2n) is 5.80. The van der Waals surface area contributed by atoms with Crippen LogP contribution < -0.4 is 10.0 Å². The van der Waals surface area contributed by atoms with Crippen LogP contribution in [0.2, 0.25) is 0 Å². The fraction of sp³-hybridized carbons (Fsp3) is 0.0526. The number of amides is 1. The van der Waals surface area contributed by atoms with Gasteiger partial charge in [0.1, 0.15) is 0 Å². The lowest BCUT2D eigenvalue weighted by molar-refractivity contribution is 0.102. The standard InChI is InChI=1S/C19H15N5O3S/c1-13-9-10-21-19(22-13)24-28(26,27)17-7-5-16(6-8-17)23-18(25)15-4-2-3-14(11-15)12-20/h2-11H,1H3,(H,23,25)(H,21,22,24). The zero-order chi connectivity index (χ0) is 20.1. The highest BCUT2D eigenvalue weighted by Crippen LogP contribution is 2.17. The zero-order valence-corrected chi connectivity index (χ0v) is 15.6. The summed E-state index contributed by atoms with van der Waals surface area (Å²) in [5.41, 5.74) is 1.75. The summed E-state index contributed by atoms with van der Waals surface area (Å²) in [5, 5.41) is 11.6. The van der Waals surface area contributed by atoms with Crippen molar-refractivity contribution in [1.82, 2.24) is 9.97 Å². The van der Waals surface area contributed by atoms with Gasteiger partial charge in [-0.15, -0.1) is 0 Å². The summed E-state index contributed by atoms with van der Waals surface area (Å²) in [5.74, 6) is -0.422. The van der Waals surface area contributed by atoms with E-state index in [1.165, 1.54) is 36.5 Å². The van der Waals surface area contributed by atoms with Crippen LogP contribution in [0.3, 0.4) is 0 Å². The van der Waals surface area contributed by atoms with Crippen molar-refractivity contribution in [1.29, 1.82) is 5.26 Å². The molecule has 3 aromatic rings. The molecule has 140 valence electrons. The molecule has 0 unspecified atom stereocenters. The average Bonchev–Trinajstić information content (AvgIpc) is 2.68. The summed E-state index contributed by atoms with van der Waals surface area (Å²) in [6.45, 7) is 1.73. The molecule has 0 aliphatic carbocycles. The molecule has 0 saturated carbocycles. The van der Waals surface area contributed by atoms with Gasteiger partial charge in [0.25, 0.3) is 15.9 Å². The van der Waals surface area contributed by atoms with Crippen LogP contribution in [-0.4, -0.2) is 24.3 Å². The van der Waals surface area contributed by atoms with Gasteiger partial charge in [0.05, 0.1) is 16.5 Å². The maximum absolute atomic E-state index is 12.4. The van der Waals surface area contributed by atoms with Crippen LogP contribution in [0.25, 0.3) is 0 Å². The van der Waals surface area contributed by atoms with Gasteiger partial charge < -0.3 is 5.32 Å². The summed E-state index contributed by atoms with van der Waals surface area (Å²) < 4.78 is 27.2. The first-order valence-corrected chi connectivity index (χ1v) is 9.60. The molecule has 0 aliphatic heterocycles. The van der Waals surface area contributed by atoms with E-state index in [4.69, 9.17) is 5.26 Å². The highest BCUT2D eigenvalue weighted by molar-refractivity contribution is 7.92. The molecule has 0 fully saturated rings. The first-order valence-electron chi connectivity index (χ1n) is 8.11. The van der Waals surface area contributed by atoms with Crippen LogP contribution in [-0.2, 0) is 10.0 Å². The number of nitriles is 1. The summed E-state index contributed by atoms with van der Waals surface area (Å²) in [7, 11) is -3.86. The summed E-state index contributed by atoms with van der Waals surface area (Å²) >= 11 is 0. The number of sulfonamides is 1. The molecule has 28 heavy (non-hydrogen) atoms. The number of anilines is 2. The molecule has 0 saturated heterocycles. The van der Waals surface area contributed by atoms with Crippen molar-refractivity contribution < 1.29 is 13.2 Å². The smallest absolute Gasteiger partial charge is 0.264 e. The maximum atomic E-state index is 12.4. The fourth-order valence-corrected chi connectivity index (χ4v) is 3.28. The van der Waals surface area contributed by atoms with Crippen LogP contribution in [0.5, 0.6) is 0 Å². The van der Waals surface area contributed by atoms with Gasteiger partial charge in [-0.3, -0.25) is 4.79 Å². The van der Waals surface area contributed by atoms with E-state index in [-0.39, 0.29) is 10.8 Å². The number of hydrogen-bond donors (Lipinski definition) is 2. The molecule has 9 heteroatoms. The van der Waals surface area contributed by atoms with E-state index in [1.54, 1.807) is 31.2 Å². The zero-order valence-electron chi connectivity index (χ0n) is 14.7. The molecule has 3 rings (SSSR count). The van der Waals surface area contributed by atoms with E-state index in [0.717, 1.165) is 0 Å². The van der Waals surface area contributed by atoms with Crippen LogP contribution in [0.1, 0.15) is 21.6 Å². The van der Waals surface area contributed by atoms with E-state index in [0.29, 0.717) is 22.5 Å². The number of carbonyl (C=O) groups is 1. The van der Waals surface area contributed by atoms with E-state index in [9.17, 15) is 13.2 Å². The van der Waals surface area contributed by atoms with Crippen molar-refractivity contribution in [2.24, 2.45) is 0 Å². The molecule has 2 aromatic carbocycles. The number of aromatic nitrogens is 2. The highest BCUT2D eigenvalue weighted by atomic mass is 32.2. The van der Waals surface area contributed by atoms with Gasteiger partial charge in [-0.05, 0) is 55.5 Å². The maximum Gasteiger partial charge on any atom is 0.264 e. The topological polar surface area (TPSA) is 125 Å². The lowest BCUT2D eigenvalue weighted by Crippen LogP contribution is -2.16. The Hall–Kier alpha value is -3.77. The van der Waals surface area contributed by atoms with Crippen LogP contribution in [0.4, 0.5) is 11.6 Å². The second-order valence-corrected chi connectivity index (χ2v) is 7.48. The van der Waals surface area contributed by atoms with Crippen molar-refractivity contribution in [2.75, 3.05) is 10.0 Å². The molecule has 1 aromatic heterocycles. The van der Waals surface area contributed by atoms with Crippen LogP contribution in [0.15, 0.2) is 65.7 Å². The number of aryl methyl sites for hydroxylation is 1. The number of nitrogens with zero attached hydrogens (tertiary/aromatic N) is 3. The van der Waals surface area contributed by atoms with Gasteiger partial charge >= 0.3 is 0 Å². The Balaban J connectivity index is 1.74. The molecule has 0 spiro atoms. The third-order valence-electron chi connectivity index (χ3n) is 3.70. The predicted octanol–water partition coefficient (Wildman–Crippen LogP) is 2.71. The van der Waals surface area contributed by atoms with E-state index >= 15 is 0 Å². The molecule has 2 N–H and O–H groups in total. The Morgan fingerprint density at radius 3 is 2.54 bits per heavy atom. The lowest BCUT2D eigenvalue weighted by atomic mass is 10.1. The van der Waals surface area contributed by atoms with E-state index in [1.807, 2.05) is 6.07 Å². The Labute approximate surface area is 161 Å². The van der Waals surface area contributed by atoms with Crippen LogP contribution in [0, 0.1) is 18.3 Å². The number of rotatable bonds is 5. The molecule has 0 bridgehead atoms. The first-order chi connectivity index (χ1) is 13.4. The minimum absolute atomic E-state index is 0.00193. The lowest BCUT2D eigenvalue weighted by Gasteiger charge is -2.09. The van der Waals surface area contributed by atoms with Crippen molar-refractivity contribution in [2.45, 2.75) is 11.8 Å².